The molecule has 0 spiro atoms. The predicted molar refractivity (Wildman–Crippen MR) is 76.2 cm³/mol. The molecule has 5 heteroatoms. The van der Waals surface area contributed by atoms with Crippen LogP contribution in [-0.4, -0.2) is 36.0 Å². The molecule has 1 aliphatic heterocycles. The summed E-state index contributed by atoms with van der Waals surface area (Å²) >= 11 is 1.59. The summed E-state index contributed by atoms with van der Waals surface area (Å²) in [7, 11) is 1.66. The molecule has 2 heterocycles. The van der Waals surface area contributed by atoms with Crippen LogP contribution in [0.4, 0.5) is 0 Å². The Hall–Kier alpha value is -0.940. The number of rotatable bonds is 4. The van der Waals surface area contributed by atoms with E-state index >= 15 is 0 Å². The summed E-state index contributed by atoms with van der Waals surface area (Å²) in [4.78, 5) is 19.8. The van der Waals surface area contributed by atoms with Gasteiger partial charge >= 0.3 is 0 Å². The summed E-state index contributed by atoms with van der Waals surface area (Å²) in [6.45, 7) is 6.53. The molecular weight excluding hydrogens is 260 g/mol. The molecule has 1 atom stereocenters. The molecule has 0 saturated carbocycles. The zero-order chi connectivity index (χ0) is 13.8. The van der Waals surface area contributed by atoms with Crippen molar-refractivity contribution in [3.63, 3.8) is 0 Å². The molecule has 1 saturated heterocycles. The smallest absolute Gasteiger partial charge is 0.227 e. The number of likely N-dealkylation sites (tertiary alicyclic amines) is 1. The van der Waals surface area contributed by atoms with E-state index in [9.17, 15) is 4.79 Å². The Kier molecular flexibility index (Phi) is 4.93. The molecule has 1 amide bonds. The van der Waals surface area contributed by atoms with Crippen molar-refractivity contribution in [1.29, 1.82) is 0 Å². The van der Waals surface area contributed by atoms with Gasteiger partial charge in [-0.05, 0) is 25.7 Å². The lowest BCUT2D eigenvalue weighted by Gasteiger charge is -2.30. The Bertz CT molecular complexity index is 445. The van der Waals surface area contributed by atoms with Crippen molar-refractivity contribution in [2.75, 3.05) is 20.2 Å². The summed E-state index contributed by atoms with van der Waals surface area (Å²) in [6, 6.07) is 0. The van der Waals surface area contributed by atoms with Crippen molar-refractivity contribution in [3.05, 3.63) is 15.6 Å². The number of ether oxygens (including phenoxy) is 1. The van der Waals surface area contributed by atoms with Crippen LogP contribution in [0.1, 0.15) is 35.3 Å². The lowest BCUT2D eigenvalue weighted by molar-refractivity contribution is -0.132. The molecule has 1 aromatic heterocycles. The van der Waals surface area contributed by atoms with E-state index in [0.29, 0.717) is 18.9 Å². The first kappa shape index (κ1) is 14.5. The second-order valence-electron chi connectivity index (χ2n) is 5.31. The van der Waals surface area contributed by atoms with Crippen LogP contribution in [-0.2, 0) is 22.6 Å². The first-order chi connectivity index (χ1) is 9.10. The Morgan fingerprint density at radius 2 is 2.37 bits per heavy atom. The minimum Gasteiger partial charge on any atom is -0.378 e. The highest BCUT2D eigenvalue weighted by atomic mass is 32.1. The lowest BCUT2D eigenvalue weighted by Crippen LogP contribution is -2.39. The summed E-state index contributed by atoms with van der Waals surface area (Å²) < 4.78 is 5.08. The quantitative estimate of drug-likeness (QED) is 0.851. The molecule has 0 bridgehead atoms. The van der Waals surface area contributed by atoms with Gasteiger partial charge in [0, 0.05) is 25.1 Å². The number of piperidine rings is 1. The number of hydrogen-bond acceptors (Lipinski definition) is 4. The first-order valence-corrected chi connectivity index (χ1v) is 7.63. The molecular formula is C14H22N2O2S. The summed E-state index contributed by atoms with van der Waals surface area (Å²) in [5, 5.41) is 0.954. The minimum absolute atomic E-state index is 0.238. The molecule has 0 N–H and O–H groups in total. The molecule has 0 aromatic carbocycles. The highest BCUT2D eigenvalue weighted by molar-refractivity contribution is 7.11. The number of hydrogen-bond donors (Lipinski definition) is 0. The van der Waals surface area contributed by atoms with E-state index in [0.717, 1.165) is 35.1 Å². The maximum atomic E-state index is 12.3. The van der Waals surface area contributed by atoms with E-state index in [1.165, 1.54) is 6.42 Å². The molecule has 0 aliphatic carbocycles. The van der Waals surface area contributed by atoms with Gasteiger partial charge in [-0.25, -0.2) is 4.98 Å². The number of carbonyl (C=O) groups is 1. The van der Waals surface area contributed by atoms with Gasteiger partial charge in [0.1, 0.15) is 5.01 Å². The van der Waals surface area contributed by atoms with Crippen molar-refractivity contribution >= 4 is 17.2 Å². The molecule has 2 rings (SSSR count). The van der Waals surface area contributed by atoms with Crippen LogP contribution < -0.4 is 0 Å². The Morgan fingerprint density at radius 1 is 1.58 bits per heavy atom. The molecule has 1 aliphatic rings. The summed E-state index contributed by atoms with van der Waals surface area (Å²) in [6.07, 6.45) is 2.85. The average molecular weight is 282 g/mol. The maximum Gasteiger partial charge on any atom is 0.227 e. The monoisotopic (exact) mass is 282 g/mol. The molecule has 19 heavy (non-hydrogen) atoms. The van der Waals surface area contributed by atoms with Gasteiger partial charge < -0.3 is 9.64 Å². The van der Waals surface area contributed by atoms with Gasteiger partial charge in [-0.15, -0.1) is 11.3 Å². The third kappa shape index (κ3) is 3.76. The molecule has 1 aromatic rings. The summed E-state index contributed by atoms with van der Waals surface area (Å²) in [5.41, 5.74) is 0.968. The van der Waals surface area contributed by atoms with Crippen molar-refractivity contribution < 1.29 is 9.53 Å². The molecule has 106 valence electrons. The van der Waals surface area contributed by atoms with Gasteiger partial charge in [0.2, 0.25) is 5.91 Å². The number of amides is 1. The zero-order valence-corrected chi connectivity index (χ0v) is 12.8. The molecule has 1 unspecified atom stereocenters. The normalized spacial score (nSPS) is 19.7. The van der Waals surface area contributed by atoms with Crippen LogP contribution >= 0.6 is 11.3 Å². The third-order valence-electron chi connectivity index (χ3n) is 3.53. The molecule has 4 nitrogen and oxygen atoms in total. The van der Waals surface area contributed by atoms with E-state index in [4.69, 9.17) is 4.74 Å². The maximum absolute atomic E-state index is 12.3. The highest BCUT2D eigenvalue weighted by Crippen LogP contribution is 2.22. The van der Waals surface area contributed by atoms with E-state index in [2.05, 4.69) is 11.9 Å². The van der Waals surface area contributed by atoms with Crippen molar-refractivity contribution in [2.45, 2.75) is 39.7 Å². The lowest BCUT2D eigenvalue weighted by atomic mass is 10.00. The summed E-state index contributed by atoms with van der Waals surface area (Å²) in [5.74, 6) is 0.867. The Morgan fingerprint density at radius 3 is 3.05 bits per heavy atom. The number of methoxy groups -OCH3 is 1. The Balaban J connectivity index is 1.98. The molecule has 0 radical (unpaired) electrons. The van der Waals surface area contributed by atoms with Crippen LogP contribution in [0.2, 0.25) is 0 Å². The van der Waals surface area contributed by atoms with Gasteiger partial charge in [-0.1, -0.05) is 6.92 Å². The minimum atomic E-state index is 0.238. The number of aryl methyl sites for hydroxylation is 1. The first-order valence-electron chi connectivity index (χ1n) is 6.82. The van der Waals surface area contributed by atoms with Gasteiger partial charge in [0.15, 0.2) is 0 Å². The van der Waals surface area contributed by atoms with Crippen LogP contribution in [0.3, 0.4) is 0 Å². The van der Waals surface area contributed by atoms with Gasteiger partial charge in [0.05, 0.1) is 18.7 Å². The fraction of sp³-hybridized carbons (Fsp3) is 0.714. The van der Waals surface area contributed by atoms with Crippen LogP contribution in [0.15, 0.2) is 0 Å². The Labute approximate surface area is 118 Å². The number of thiazole rings is 1. The van der Waals surface area contributed by atoms with E-state index in [1.54, 1.807) is 18.4 Å². The topological polar surface area (TPSA) is 42.4 Å². The van der Waals surface area contributed by atoms with Crippen LogP contribution in [0.5, 0.6) is 0 Å². The second kappa shape index (κ2) is 6.48. The third-order valence-corrected chi connectivity index (χ3v) is 4.66. The molecule has 1 fully saturated rings. The van der Waals surface area contributed by atoms with Crippen LogP contribution in [0, 0.1) is 12.8 Å². The van der Waals surface area contributed by atoms with Gasteiger partial charge in [0.25, 0.3) is 0 Å². The van der Waals surface area contributed by atoms with Crippen molar-refractivity contribution in [2.24, 2.45) is 5.92 Å². The van der Waals surface area contributed by atoms with E-state index in [-0.39, 0.29) is 5.91 Å². The fourth-order valence-electron chi connectivity index (χ4n) is 2.50. The second-order valence-corrected chi connectivity index (χ2v) is 6.48. The standard InChI is InChI=1S/C14H22N2O2S/c1-10-5-4-6-16(8-10)14(17)7-12-11(2)15-13(19-12)9-18-3/h10H,4-9H2,1-3H3. The number of carbonyl (C=O) groups excluding carboxylic acids is 1. The number of aromatic nitrogens is 1. The van der Waals surface area contributed by atoms with Crippen LogP contribution in [0.25, 0.3) is 0 Å². The zero-order valence-electron chi connectivity index (χ0n) is 11.9. The van der Waals surface area contributed by atoms with Crippen molar-refractivity contribution in [1.82, 2.24) is 9.88 Å². The van der Waals surface area contributed by atoms with E-state index in [1.807, 2.05) is 11.8 Å². The predicted octanol–water partition coefficient (Wildman–Crippen LogP) is 2.40. The van der Waals surface area contributed by atoms with Crippen molar-refractivity contribution in [3.8, 4) is 0 Å². The largest absolute Gasteiger partial charge is 0.378 e. The SMILES string of the molecule is COCc1nc(C)c(CC(=O)N2CCCC(C)C2)s1. The highest BCUT2D eigenvalue weighted by Gasteiger charge is 2.22. The fourth-order valence-corrected chi connectivity index (χ4v) is 3.54. The average Bonchev–Trinajstić information content (AvgIpc) is 2.70. The van der Waals surface area contributed by atoms with Gasteiger partial charge in [-0.3, -0.25) is 4.79 Å². The number of nitrogens with zero attached hydrogens (tertiary/aromatic N) is 2. The van der Waals surface area contributed by atoms with E-state index < -0.39 is 0 Å². The van der Waals surface area contributed by atoms with Gasteiger partial charge in [-0.2, -0.15) is 0 Å².